The fourth-order valence-electron chi connectivity index (χ4n) is 5.20. The second-order valence-corrected chi connectivity index (χ2v) is 9.73. The predicted molar refractivity (Wildman–Crippen MR) is 149 cm³/mol. The molecule has 2 aliphatic rings. The van der Waals surface area contributed by atoms with Gasteiger partial charge in [-0.2, -0.15) is 0 Å². The first-order valence-corrected chi connectivity index (χ1v) is 12.9. The molecule has 1 atom stereocenters. The SMILES string of the molecule is C=C(F)C(F)=C(F)C=C(C)c1ccc2c3c1CN(CC)Cc1c(C(=CC(F)=CF)C(C)C=CF)ccc(c1-3)OCO2. The fourth-order valence-corrected chi connectivity index (χ4v) is 5.20. The van der Waals surface area contributed by atoms with E-state index in [-0.39, 0.29) is 13.1 Å². The summed E-state index contributed by atoms with van der Waals surface area (Å²) in [6.45, 7) is 9.18. The lowest BCUT2D eigenvalue weighted by Crippen LogP contribution is -2.22. The zero-order valence-electron chi connectivity index (χ0n) is 22.8. The number of halogens is 6. The summed E-state index contributed by atoms with van der Waals surface area (Å²) in [5, 5.41) is 0. The highest BCUT2D eigenvalue weighted by atomic mass is 19.2. The summed E-state index contributed by atoms with van der Waals surface area (Å²) in [6, 6.07) is 6.81. The van der Waals surface area contributed by atoms with Crippen LogP contribution < -0.4 is 9.47 Å². The molecule has 0 saturated heterocycles. The number of ether oxygens (including phenoxy) is 2. The maximum absolute atomic E-state index is 14.5. The third kappa shape index (κ3) is 6.05. The van der Waals surface area contributed by atoms with E-state index in [0.717, 1.165) is 23.3 Å². The highest BCUT2D eigenvalue weighted by molar-refractivity contribution is 5.90. The Morgan fingerprint density at radius 2 is 1.54 bits per heavy atom. The lowest BCUT2D eigenvalue weighted by molar-refractivity contribution is 0.124. The molecule has 0 saturated carbocycles. The Hall–Kier alpha value is -3.98. The van der Waals surface area contributed by atoms with Gasteiger partial charge in [0.15, 0.2) is 23.3 Å². The minimum absolute atomic E-state index is 0.103. The van der Waals surface area contributed by atoms with E-state index in [0.29, 0.717) is 70.9 Å². The first-order valence-electron chi connectivity index (χ1n) is 12.9. The zero-order valence-corrected chi connectivity index (χ0v) is 22.8. The summed E-state index contributed by atoms with van der Waals surface area (Å²) < 4.78 is 94.1. The van der Waals surface area contributed by atoms with Crippen LogP contribution in [0, 0.1) is 5.92 Å². The van der Waals surface area contributed by atoms with Gasteiger partial charge >= 0.3 is 0 Å². The number of rotatable bonds is 8. The summed E-state index contributed by atoms with van der Waals surface area (Å²) in [5.41, 5.74) is 4.53. The lowest BCUT2D eigenvalue weighted by Gasteiger charge is -2.24. The highest BCUT2D eigenvalue weighted by Crippen LogP contribution is 2.50. The molecule has 216 valence electrons. The molecule has 2 heterocycles. The van der Waals surface area contributed by atoms with E-state index in [1.54, 1.807) is 38.1 Å². The summed E-state index contributed by atoms with van der Waals surface area (Å²) in [6.07, 6.45) is 3.37. The van der Waals surface area contributed by atoms with Crippen LogP contribution in [0.2, 0.25) is 0 Å². The number of hydrogen-bond acceptors (Lipinski definition) is 3. The number of allylic oxidation sites excluding steroid dienone is 9. The lowest BCUT2D eigenvalue weighted by atomic mass is 9.84. The molecule has 41 heavy (non-hydrogen) atoms. The fraction of sp³-hybridized carbons (Fsp3) is 0.250. The Bertz CT molecular complexity index is 1520. The summed E-state index contributed by atoms with van der Waals surface area (Å²) >= 11 is 0. The standard InChI is InChI=1S/C32H29F6NO2/c1-5-39-15-25-22(19(3)12-27(37)32(38)20(4)35)6-8-28-30(25)31-26(16-39)23(7-9-29(31)41-17-40-28)24(13-21(36)14-34)18(2)10-11-33/h6-14,18H,4-5,15-17H2,1-3H3. The molecule has 3 nitrogen and oxygen atoms in total. The van der Waals surface area contributed by atoms with Gasteiger partial charge in [-0.1, -0.05) is 32.6 Å². The van der Waals surface area contributed by atoms with Crippen LogP contribution >= 0.6 is 0 Å². The second kappa shape index (κ2) is 12.7. The Morgan fingerprint density at radius 3 is 2.07 bits per heavy atom. The topological polar surface area (TPSA) is 21.7 Å². The molecule has 0 aliphatic carbocycles. The minimum Gasteiger partial charge on any atom is -0.457 e. The van der Waals surface area contributed by atoms with Crippen molar-refractivity contribution in [3.63, 3.8) is 0 Å². The highest BCUT2D eigenvalue weighted by Gasteiger charge is 2.32. The smallest absolute Gasteiger partial charge is 0.230 e. The van der Waals surface area contributed by atoms with Crippen LogP contribution in [0.3, 0.4) is 0 Å². The quantitative estimate of drug-likeness (QED) is 0.232. The summed E-state index contributed by atoms with van der Waals surface area (Å²) in [7, 11) is 0. The molecule has 0 spiro atoms. The van der Waals surface area contributed by atoms with Crippen molar-refractivity contribution in [3.05, 3.63) is 107 Å². The van der Waals surface area contributed by atoms with Crippen LogP contribution in [0.5, 0.6) is 11.5 Å². The predicted octanol–water partition coefficient (Wildman–Crippen LogP) is 9.74. The van der Waals surface area contributed by atoms with Gasteiger partial charge in [0.05, 0.1) is 6.33 Å². The molecule has 2 aromatic carbocycles. The monoisotopic (exact) mass is 573 g/mol. The van der Waals surface area contributed by atoms with Crippen molar-refractivity contribution in [2.75, 3.05) is 13.3 Å². The van der Waals surface area contributed by atoms with Gasteiger partial charge in [0, 0.05) is 30.1 Å². The van der Waals surface area contributed by atoms with Crippen molar-refractivity contribution in [1.82, 2.24) is 4.90 Å². The molecular formula is C32H29F6NO2. The first kappa shape index (κ1) is 30.0. The Kier molecular flexibility index (Phi) is 9.28. The molecule has 0 fully saturated rings. The average molecular weight is 574 g/mol. The van der Waals surface area contributed by atoms with Gasteiger partial charge in [-0.05, 0) is 77.2 Å². The van der Waals surface area contributed by atoms with Crippen LogP contribution in [0.15, 0.2) is 85.0 Å². The largest absolute Gasteiger partial charge is 0.457 e. The van der Waals surface area contributed by atoms with Gasteiger partial charge in [-0.15, -0.1) is 0 Å². The zero-order chi connectivity index (χ0) is 29.8. The van der Waals surface area contributed by atoms with Crippen LogP contribution in [-0.4, -0.2) is 18.2 Å². The van der Waals surface area contributed by atoms with Crippen LogP contribution in [-0.2, 0) is 13.1 Å². The number of hydrogen-bond donors (Lipinski definition) is 0. The van der Waals surface area contributed by atoms with Crippen molar-refractivity contribution in [2.45, 2.75) is 33.9 Å². The third-order valence-electron chi connectivity index (χ3n) is 7.22. The Labute approximate surface area is 235 Å². The van der Waals surface area contributed by atoms with Crippen LogP contribution in [0.1, 0.15) is 43.0 Å². The summed E-state index contributed by atoms with van der Waals surface area (Å²) in [5.74, 6) is -5.38. The molecule has 9 heteroatoms. The molecular weight excluding hydrogens is 544 g/mol. The van der Waals surface area contributed by atoms with Gasteiger partial charge in [0.25, 0.3) is 0 Å². The molecule has 1 unspecified atom stereocenters. The minimum atomic E-state index is -1.68. The molecule has 0 bridgehead atoms. The number of benzene rings is 2. The summed E-state index contributed by atoms with van der Waals surface area (Å²) in [4.78, 5) is 2.07. The first-order chi connectivity index (χ1) is 19.6. The van der Waals surface area contributed by atoms with Gasteiger partial charge in [-0.25, -0.2) is 26.3 Å². The van der Waals surface area contributed by atoms with E-state index in [1.807, 2.05) is 6.92 Å². The van der Waals surface area contributed by atoms with Crippen LogP contribution in [0.4, 0.5) is 26.3 Å². The molecule has 0 radical (unpaired) electrons. The molecule has 0 aromatic heterocycles. The molecule has 0 N–H and O–H groups in total. The average Bonchev–Trinajstić information content (AvgIpc) is 3.25. The molecule has 2 aromatic rings. The molecule has 2 aliphatic heterocycles. The number of nitrogens with zero attached hydrogens (tertiary/aromatic N) is 1. The van der Waals surface area contributed by atoms with E-state index in [1.165, 1.54) is 6.08 Å². The normalized spacial score (nSPS) is 17.2. The maximum Gasteiger partial charge on any atom is 0.230 e. The van der Waals surface area contributed by atoms with Crippen molar-refractivity contribution in [3.8, 4) is 22.6 Å². The van der Waals surface area contributed by atoms with Crippen molar-refractivity contribution < 1.29 is 35.8 Å². The molecule has 4 rings (SSSR count). The van der Waals surface area contributed by atoms with E-state index in [4.69, 9.17) is 9.47 Å². The maximum atomic E-state index is 14.5. The second-order valence-electron chi connectivity index (χ2n) is 9.73. The van der Waals surface area contributed by atoms with Gasteiger partial charge in [0.2, 0.25) is 6.79 Å². The van der Waals surface area contributed by atoms with E-state index in [2.05, 4.69) is 11.5 Å². The van der Waals surface area contributed by atoms with Gasteiger partial charge in [0.1, 0.15) is 17.8 Å². The van der Waals surface area contributed by atoms with E-state index < -0.39 is 29.2 Å². The van der Waals surface area contributed by atoms with Crippen molar-refractivity contribution >= 4 is 11.1 Å². The van der Waals surface area contributed by atoms with Crippen molar-refractivity contribution in [2.24, 2.45) is 5.92 Å². The molecule has 0 amide bonds. The third-order valence-corrected chi connectivity index (χ3v) is 7.22. The van der Waals surface area contributed by atoms with Crippen molar-refractivity contribution in [1.29, 1.82) is 0 Å². The Balaban J connectivity index is 2.07. The van der Waals surface area contributed by atoms with Gasteiger partial charge in [-0.3, -0.25) is 4.90 Å². The van der Waals surface area contributed by atoms with E-state index >= 15 is 0 Å². The van der Waals surface area contributed by atoms with Gasteiger partial charge < -0.3 is 9.47 Å². The van der Waals surface area contributed by atoms with E-state index in [9.17, 15) is 26.3 Å². The Morgan fingerprint density at radius 1 is 0.951 bits per heavy atom. The van der Waals surface area contributed by atoms with Crippen LogP contribution in [0.25, 0.3) is 22.3 Å².